The van der Waals surface area contributed by atoms with Gasteiger partial charge in [0, 0.05) is 0 Å². The van der Waals surface area contributed by atoms with E-state index in [4.69, 9.17) is 0 Å². The van der Waals surface area contributed by atoms with E-state index >= 15 is 0 Å². The van der Waals surface area contributed by atoms with E-state index in [1.807, 2.05) is 0 Å². The van der Waals surface area contributed by atoms with Gasteiger partial charge in [0.15, 0.2) is 0 Å². The normalized spacial score (nSPS) is 46.9. The van der Waals surface area contributed by atoms with E-state index in [0.29, 0.717) is 5.41 Å². The maximum Gasteiger partial charge on any atom is -0.0107 e. The Kier molecular flexibility index (Phi) is 3.65. The van der Waals surface area contributed by atoms with Crippen molar-refractivity contribution in [1.29, 1.82) is 0 Å². The molecular formula is C24H32. The average molecular weight is 321 g/mol. The molecule has 0 N–H and O–H groups in total. The van der Waals surface area contributed by atoms with Gasteiger partial charge in [-0.05, 0) is 78.6 Å². The lowest BCUT2D eigenvalue weighted by molar-refractivity contribution is -0.0547. The van der Waals surface area contributed by atoms with E-state index in [-0.39, 0.29) is 0 Å². The van der Waals surface area contributed by atoms with Crippen molar-refractivity contribution in [3.05, 3.63) is 48.0 Å². The Bertz CT molecular complexity index is 614. The Hall–Kier alpha value is -1.04. The molecule has 0 saturated heterocycles. The second-order valence-corrected chi connectivity index (χ2v) is 9.50. The van der Waals surface area contributed by atoms with Crippen LogP contribution in [0.25, 0.3) is 0 Å². The molecule has 1 aromatic carbocycles. The zero-order valence-corrected chi connectivity index (χ0v) is 15.2. The first kappa shape index (κ1) is 15.2. The first-order chi connectivity index (χ1) is 11.8. The lowest BCUT2D eigenvalue weighted by Gasteiger charge is -2.58. The highest BCUT2D eigenvalue weighted by atomic mass is 14.6. The summed E-state index contributed by atoms with van der Waals surface area (Å²) >= 11 is 0. The molecule has 0 amide bonds. The Morgan fingerprint density at radius 2 is 1.75 bits per heavy atom. The van der Waals surface area contributed by atoms with Crippen molar-refractivity contribution >= 4 is 0 Å². The van der Waals surface area contributed by atoms with Crippen molar-refractivity contribution in [2.75, 3.05) is 0 Å². The Labute approximate surface area is 147 Å². The van der Waals surface area contributed by atoms with Crippen LogP contribution in [0.15, 0.2) is 42.5 Å². The average Bonchev–Trinajstić information content (AvgIpc) is 3.03. The molecule has 1 unspecified atom stereocenters. The first-order valence-corrected chi connectivity index (χ1v) is 10.5. The Balaban J connectivity index is 1.57. The van der Waals surface area contributed by atoms with Gasteiger partial charge in [0.25, 0.3) is 0 Å². The molecule has 7 atom stereocenters. The van der Waals surface area contributed by atoms with Crippen molar-refractivity contribution in [1.82, 2.24) is 0 Å². The van der Waals surface area contributed by atoms with Crippen molar-refractivity contribution in [2.24, 2.45) is 35.0 Å². The second-order valence-electron chi connectivity index (χ2n) is 9.50. The molecule has 128 valence electrons. The van der Waals surface area contributed by atoms with Crippen LogP contribution in [0.5, 0.6) is 0 Å². The number of allylic oxidation sites excluding steroid dienone is 2. The molecule has 1 aromatic rings. The molecule has 3 saturated carbocycles. The molecule has 0 heteroatoms. The summed E-state index contributed by atoms with van der Waals surface area (Å²) in [5, 5.41) is 0. The molecule has 0 radical (unpaired) electrons. The maximum absolute atomic E-state index is 2.59. The zero-order valence-electron chi connectivity index (χ0n) is 15.2. The van der Waals surface area contributed by atoms with Crippen LogP contribution in [0.2, 0.25) is 0 Å². The van der Waals surface area contributed by atoms with Crippen LogP contribution in [0.1, 0.15) is 69.8 Å². The topological polar surface area (TPSA) is 0 Å². The highest BCUT2D eigenvalue weighted by Gasteiger charge is 2.55. The van der Waals surface area contributed by atoms with Crippen LogP contribution in [0, 0.1) is 35.0 Å². The van der Waals surface area contributed by atoms with E-state index in [1.54, 1.807) is 5.56 Å². The van der Waals surface area contributed by atoms with Crippen LogP contribution in [-0.2, 0) is 0 Å². The van der Waals surface area contributed by atoms with Crippen LogP contribution >= 0.6 is 0 Å². The summed E-state index contributed by atoms with van der Waals surface area (Å²) in [7, 11) is 0. The third-order valence-corrected chi connectivity index (χ3v) is 8.43. The Morgan fingerprint density at radius 3 is 2.62 bits per heavy atom. The SMILES string of the molecule is C[C@@]12C=CC[C@H]1[C@@H]1CCC3CCCC[C@@H]3[C@H]1[C@@H](c1ccccc1)C2. The van der Waals surface area contributed by atoms with E-state index in [1.165, 1.54) is 51.4 Å². The monoisotopic (exact) mass is 320 g/mol. The molecule has 3 fully saturated rings. The van der Waals surface area contributed by atoms with Crippen LogP contribution in [0.3, 0.4) is 0 Å². The van der Waals surface area contributed by atoms with Crippen molar-refractivity contribution in [3.8, 4) is 0 Å². The molecule has 0 spiro atoms. The van der Waals surface area contributed by atoms with E-state index in [2.05, 4.69) is 49.4 Å². The minimum absolute atomic E-state index is 0.461. The molecule has 0 heterocycles. The van der Waals surface area contributed by atoms with Crippen molar-refractivity contribution in [3.63, 3.8) is 0 Å². The molecular weight excluding hydrogens is 288 g/mol. The summed E-state index contributed by atoms with van der Waals surface area (Å²) in [4.78, 5) is 0. The van der Waals surface area contributed by atoms with Gasteiger partial charge in [0.05, 0.1) is 0 Å². The fraction of sp³-hybridized carbons (Fsp3) is 0.667. The predicted molar refractivity (Wildman–Crippen MR) is 101 cm³/mol. The predicted octanol–water partition coefficient (Wildman–Crippen LogP) is 6.59. The number of fused-ring (bicyclic) bond motifs is 5. The maximum atomic E-state index is 2.59. The minimum Gasteiger partial charge on any atom is -0.0877 e. The highest BCUT2D eigenvalue weighted by molar-refractivity contribution is 5.27. The molecule has 5 rings (SSSR count). The number of hydrogen-bond donors (Lipinski definition) is 0. The summed E-state index contributed by atoms with van der Waals surface area (Å²) in [5.41, 5.74) is 2.10. The van der Waals surface area contributed by atoms with E-state index in [0.717, 1.165) is 35.5 Å². The van der Waals surface area contributed by atoms with Gasteiger partial charge in [-0.2, -0.15) is 0 Å². The number of benzene rings is 1. The minimum atomic E-state index is 0.461. The van der Waals surface area contributed by atoms with Gasteiger partial charge in [-0.3, -0.25) is 0 Å². The van der Waals surface area contributed by atoms with Gasteiger partial charge in [0.1, 0.15) is 0 Å². The Morgan fingerprint density at radius 1 is 0.917 bits per heavy atom. The lowest BCUT2D eigenvalue weighted by atomic mass is 9.47. The smallest absolute Gasteiger partial charge is 0.0107 e. The fourth-order valence-electron chi connectivity index (χ4n) is 7.49. The van der Waals surface area contributed by atoms with Gasteiger partial charge in [-0.1, -0.05) is 68.7 Å². The standard InChI is InChI=1S/C24H32/c1-24-15-7-12-22(24)20-14-13-18-10-5-6-11-19(18)23(20)21(16-24)17-8-3-2-4-9-17/h2-4,7-9,15,18-23H,5-6,10-14,16H2,1H3/t18?,19-,20-,21+,22-,23+,24-/m0/s1. The molecule has 4 aliphatic carbocycles. The van der Waals surface area contributed by atoms with Gasteiger partial charge >= 0.3 is 0 Å². The summed E-state index contributed by atoms with van der Waals surface area (Å²) < 4.78 is 0. The van der Waals surface area contributed by atoms with Gasteiger partial charge in [-0.15, -0.1) is 0 Å². The fourth-order valence-corrected chi connectivity index (χ4v) is 7.49. The third kappa shape index (κ3) is 2.25. The first-order valence-electron chi connectivity index (χ1n) is 10.5. The quantitative estimate of drug-likeness (QED) is 0.512. The zero-order chi connectivity index (χ0) is 16.1. The van der Waals surface area contributed by atoms with Crippen LogP contribution < -0.4 is 0 Å². The largest absolute Gasteiger partial charge is 0.0877 e. The number of hydrogen-bond acceptors (Lipinski definition) is 0. The highest BCUT2D eigenvalue weighted by Crippen LogP contribution is 2.64. The second kappa shape index (κ2) is 5.75. The van der Waals surface area contributed by atoms with E-state index < -0.39 is 0 Å². The lowest BCUT2D eigenvalue weighted by Crippen LogP contribution is -2.50. The number of rotatable bonds is 1. The molecule has 24 heavy (non-hydrogen) atoms. The van der Waals surface area contributed by atoms with Gasteiger partial charge < -0.3 is 0 Å². The van der Waals surface area contributed by atoms with Crippen LogP contribution in [0.4, 0.5) is 0 Å². The molecule has 0 bridgehead atoms. The summed E-state index contributed by atoms with van der Waals surface area (Å²) in [6, 6.07) is 11.6. The van der Waals surface area contributed by atoms with Crippen molar-refractivity contribution < 1.29 is 0 Å². The van der Waals surface area contributed by atoms with Crippen molar-refractivity contribution in [2.45, 2.75) is 64.2 Å². The summed E-state index contributed by atoms with van der Waals surface area (Å²) in [6.45, 7) is 2.57. The van der Waals surface area contributed by atoms with Crippen LogP contribution in [-0.4, -0.2) is 0 Å². The molecule has 0 aromatic heterocycles. The van der Waals surface area contributed by atoms with Gasteiger partial charge in [0.2, 0.25) is 0 Å². The molecule has 0 aliphatic heterocycles. The summed E-state index contributed by atoms with van der Waals surface area (Å²) in [6.07, 6.45) is 16.9. The third-order valence-electron chi connectivity index (χ3n) is 8.43. The molecule has 4 aliphatic rings. The summed E-state index contributed by atoms with van der Waals surface area (Å²) in [5.74, 6) is 5.74. The molecule has 0 nitrogen and oxygen atoms in total. The van der Waals surface area contributed by atoms with Gasteiger partial charge in [-0.25, -0.2) is 0 Å². The van der Waals surface area contributed by atoms with E-state index in [9.17, 15) is 0 Å².